The number of nitrogens with two attached hydrogens (primary N) is 1. The van der Waals surface area contributed by atoms with E-state index in [0.717, 1.165) is 30.8 Å². The molecule has 0 radical (unpaired) electrons. The standard InChI is InChI=1S/C16H24N4O/c1-19-14-5-6-15(19)11-20(8-7-14)16(21)18-13-4-2-3-12(9-13)10-17/h2-4,9,14-15H,5-8,10-11,17H2,1H3,(H,18,21). The first-order valence-corrected chi connectivity index (χ1v) is 7.74. The zero-order valence-electron chi connectivity index (χ0n) is 12.6. The third-order valence-corrected chi connectivity index (χ3v) is 4.85. The first kappa shape index (κ1) is 14.4. The van der Waals surface area contributed by atoms with Crippen LogP contribution in [-0.4, -0.2) is 48.1 Å². The fourth-order valence-corrected chi connectivity index (χ4v) is 3.47. The number of likely N-dealkylation sites (N-methyl/N-ethyl adjacent to an activating group) is 1. The van der Waals surface area contributed by atoms with E-state index in [9.17, 15) is 4.79 Å². The Bertz CT molecular complexity index is 519. The van der Waals surface area contributed by atoms with E-state index in [-0.39, 0.29) is 6.03 Å². The molecule has 2 saturated heterocycles. The molecule has 0 saturated carbocycles. The highest BCUT2D eigenvalue weighted by Crippen LogP contribution is 2.28. The summed E-state index contributed by atoms with van der Waals surface area (Å²) in [7, 11) is 2.19. The number of urea groups is 1. The minimum absolute atomic E-state index is 0.00474. The van der Waals surface area contributed by atoms with Gasteiger partial charge in [0.1, 0.15) is 0 Å². The summed E-state index contributed by atoms with van der Waals surface area (Å²) in [5.41, 5.74) is 7.50. The minimum Gasteiger partial charge on any atom is -0.326 e. The monoisotopic (exact) mass is 288 g/mol. The van der Waals surface area contributed by atoms with E-state index in [1.807, 2.05) is 29.2 Å². The highest BCUT2D eigenvalue weighted by Gasteiger charge is 2.35. The molecule has 1 aromatic carbocycles. The zero-order chi connectivity index (χ0) is 14.8. The Morgan fingerprint density at radius 1 is 1.33 bits per heavy atom. The Morgan fingerprint density at radius 2 is 2.14 bits per heavy atom. The zero-order valence-corrected chi connectivity index (χ0v) is 12.6. The van der Waals surface area contributed by atoms with Gasteiger partial charge in [0, 0.05) is 37.4 Å². The Balaban J connectivity index is 1.65. The van der Waals surface area contributed by atoms with Crippen LogP contribution in [0.4, 0.5) is 10.5 Å². The van der Waals surface area contributed by atoms with Gasteiger partial charge in [-0.25, -0.2) is 4.79 Å². The third-order valence-electron chi connectivity index (χ3n) is 4.85. The molecule has 3 rings (SSSR count). The number of amides is 2. The normalized spacial score (nSPS) is 25.7. The van der Waals surface area contributed by atoms with Crippen molar-refractivity contribution in [3.8, 4) is 0 Å². The largest absolute Gasteiger partial charge is 0.326 e. The molecule has 2 fully saturated rings. The van der Waals surface area contributed by atoms with E-state index in [2.05, 4.69) is 17.3 Å². The highest BCUT2D eigenvalue weighted by atomic mass is 16.2. The van der Waals surface area contributed by atoms with Crippen LogP contribution in [0.15, 0.2) is 24.3 Å². The molecule has 2 aliphatic rings. The molecule has 2 atom stereocenters. The summed E-state index contributed by atoms with van der Waals surface area (Å²) < 4.78 is 0. The number of likely N-dealkylation sites (tertiary alicyclic amines) is 1. The summed E-state index contributed by atoms with van der Waals surface area (Å²) >= 11 is 0. The van der Waals surface area contributed by atoms with Crippen molar-refractivity contribution in [3.05, 3.63) is 29.8 Å². The van der Waals surface area contributed by atoms with Gasteiger partial charge in [-0.15, -0.1) is 0 Å². The second-order valence-corrected chi connectivity index (χ2v) is 6.12. The van der Waals surface area contributed by atoms with Crippen LogP contribution in [0.1, 0.15) is 24.8 Å². The van der Waals surface area contributed by atoms with Crippen molar-refractivity contribution in [3.63, 3.8) is 0 Å². The van der Waals surface area contributed by atoms with Gasteiger partial charge in [0.2, 0.25) is 0 Å². The molecule has 2 aliphatic heterocycles. The van der Waals surface area contributed by atoms with Crippen molar-refractivity contribution in [2.75, 3.05) is 25.5 Å². The number of anilines is 1. The van der Waals surface area contributed by atoms with Crippen LogP contribution < -0.4 is 11.1 Å². The first-order chi connectivity index (χ1) is 10.2. The molecule has 2 unspecified atom stereocenters. The SMILES string of the molecule is CN1C2CCC1CN(C(=O)Nc1cccc(CN)c1)CC2. The number of hydrogen-bond acceptors (Lipinski definition) is 3. The van der Waals surface area contributed by atoms with Crippen LogP contribution in [0, 0.1) is 0 Å². The maximum atomic E-state index is 12.5. The molecule has 0 aromatic heterocycles. The average Bonchev–Trinajstić information content (AvgIpc) is 2.72. The van der Waals surface area contributed by atoms with Gasteiger partial charge >= 0.3 is 6.03 Å². The van der Waals surface area contributed by atoms with E-state index >= 15 is 0 Å². The minimum atomic E-state index is 0.00474. The molecule has 2 amide bonds. The number of fused-ring (bicyclic) bond motifs is 2. The molecule has 2 bridgehead atoms. The maximum Gasteiger partial charge on any atom is 0.321 e. The quantitative estimate of drug-likeness (QED) is 0.873. The average molecular weight is 288 g/mol. The van der Waals surface area contributed by atoms with Gasteiger partial charge in [-0.2, -0.15) is 0 Å². The lowest BCUT2D eigenvalue weighted by atomic mass is 10.1. The Labute approximate surface area is 126 Å². The van der Waals surface area contributed by atoms with Gasteiger partial charge in [0.05, 0.1) is 0 Å². The van der Waals surface area contributed by atoms with Gasteiger partial charge in [0.25, 0.3) is 0 Å². The predicted octanol–water partition coefficient (Wildman–Crippen LogP) is 1.85. The van der Waals surface area contributed by atoms with Crippen molar-refractivity contribution in [1.29, 1.82) is 0 Å². The Kier molecular flexibility index (Phi) is 4.12. The molecule has 114 valence electrons. The van der Waals surface area contributed by atoms with E-state index in [1.54, 1.807) is 0 Å². The molecule has 0 spiro atoms. The van der Waals surface area contributed by atoms with Crippen molar-refractivity contribution in [2.45, 2.75) is 37.9 Å². The molecular weight excluding hydrogens is 264 g/mol. The fraction of sp³-hybridized carbons (Fsp3) is 0.562. The van der Waals surface area contributed by atoms with Gasteiger partial charge < -0.3 is 16.0 Å². The van der Waals surface area contributed by atoms with Crippen LogP contribution in [-0.2, 0) is 6.54 Å². The van der Waals surface area contributed by atoms with Gasteiger partial charge in [-0.3, -0.25) is 4.90 Å². The number of hydrogen-bond donors (Lipinski definition) is 2. The number of nitrogens with one attached hydrogen (secondary N) is 1. The number of carbonyl (C=O) groups is 1. The number of rotatable bonds is 2. The molecule has 2 heterocycles. The van der Waals surface area contributed by atoms with Gasteiger partial charge in [0.15, 0.2) is 0 Å². The van der Waals surface area contributed by atoms with Gasteiger partial charge in [-0.05, 0) is 44.0 Å². The lowest BCUT2D eigenvalue weighted by Gasteiger charge is -2.26. The van der Waals surface area contributed by atoms with Gasteiger partial charge in [-0.1, -0.05) is 12.1 Å². The molecule has 0 aliphatic carbocycles. The number of benzene rings is 1. The molecular formula is C16H24N4O. The fourth-order valence-electron chi connectivity index (χ4n) is 3.47. The summed E-state index contributed by atoms with van der Waals surface area (Å²) in [6.45, 7) is 2.16. The van der Waals surface area contributed by atoms with E-state index in [0.29, 0.717) is 18.6 Å². The summed E-state index contributed by atoms with van der Waals surface area (Å²) in [5, 5.41) is 3.00. The number of nitrogens with zero attached hydrogens (tertiary/aromatic N) is 2. The van der Waals surface area contributed by atoms with Crippen molar-refractivity contribution in [2.24, 2.45) is 5.73 Å². The van der Waals surface area contributed by atoms with Crippen LogP contribution >= 0.6 is 0 Å². The second kappa shape index (κ2) is 6.03. The van der Waals surface area contributed by atoms with Crippen LogP contribution in [0.25, 0.3) is 0 Å². The van der Waals surface area contributed by atoms with E-state index < -0.39 is 0 Å². The maximum absolute atomic E-state index is 12.5. The van der Waals surface area contributed by atoms with Crippen LogP contribution in [0.2, 0.25) is 0 Å². The number of carbonyl (C=O) groups excluding carboxylic acids is 1. The lowest BCUT2D eigenvalue weighted by Crippen LogP contribution is -2.41. The first-order valence-electron chi connectivity index (χ1n) is 7.74. The lowest BCUT2D eigenvalue weighted by molar-refractivity contribution is 0.200. The second-order valence-electron chi connectivity index (χ2n) is 6.12. The highest BCUT2D eigenvalue weighted by molar-refractivity contribution is 5.89. The molecule has 3 N–H and O–H groups in total. The summed E-state index contributed by atoms with van der Waals surface area (Å²) in [6, 6.07) is 8.91. The topological polar surface area (TPSA) is 61.6 Å². The Morgan fingerprint density at radius 3 is 2.95 bits per heavy atom. The summed E-state index contributed by atoms with van der Waals surface area (Å²) in [5.74, 6) is 0. The molecule has 5 heteroatoms. The van der Waals surface area contributed by atoms with Crippen LogP contribution in [0.5, 0.6) is 0 Å². The van der Waals surface area contributed by atoms with E-state index in [4.69, 9.17) is 5.73 Å². The Hall–Kier alpha value is -1.59. The van der Waals surface area contributed by atoms with Crippen LogP contribution in [0.3, 0.4) is 0 Å². The summed E-state index contributed by atoms with van der Waals surface area (Å²) in [6.07, 6.45) is 3.55. The molecule has 21 heavy (non-hydrogen) atoms. The van der Waals surface area contributed by atoms with Crippen molar-refractivity contribution < 1.29 is 4.79 Å². The van der Waals surface area contributed by atoms with Crippen molar-refractivity contribution in [1.82, 2.24) is 9.80 Å². The van der Waals surface area contributed by atoms with E-state index in [1.165, 1.54) is 12.8 Å². The smallest absolute Gasteiger partial charge is 0.321 e. The third kappa shape index (κ3) is 3.04. The van der Waals surface area contributed by atoms with Crippen molar-refractivity contribution >= 4 is 11.7 Å². The molecule has 5 nitrogen and oxygen atoms in total. The predicted molar refractivity (Wildman–Crippen MR) is 84.1 cm³/mol. The molecule has 1 aromatic rings. The summed E-state index contributed by atoms with van der Waals surface area (Å²) in [4.78, 5) is 16.9.